The van der Waals surface area contributed by atoms with E-state index in [0.717, 1.165) is 11.4 Å². The van der Waals surface area contributed by atoms with Crippen molar-refractivity contribution < 1.29 is 27.5 Å². The molecular formula is C20H24N2O6S. The van der Waals surface area contributed by atoms with Crippen LogP contribution < -0.4 is 4.72 Å². The molecule has 156 valence electrons. The van der Waals surface area contributed by atoms with Crippen LogP contribution in [0.4, 0.5) is 0 Å². The van der Waals surface area contributed by atoms with Crippen LogP contribution >= 0.6 is 0 Å². The van der Waals surface area contributed by atoms with Crippen molar-refractivity contribution in [2.45, 2.75) is 38.6 Å². The van der Waals surface area contributed by atoms with Crippen LogP contribution in [-0.2, 0) is 26.6 Å². The molecule has 1 aromatic carbocycles. The van der Waals surface area contributed by atoms with E-state index in [9.17, 15) is 22.8 Å². The van der Waals surface area contributed by atoms with Gasteiger partial charge in [0.15, 0.2) is 12.4 Å². The fourth-order valence-corrected chi connectivity index (χ4v) is 3.89. The average Bonchev–Trinajstić information content (AvgIpc) is 2.92. The van der Waals surface area contributed by atoms with Crippen LogP contribution in [0.2, 0.25) is 0 Å². The van der Waals surface area contributed by atoms with Crippen LogP contribution in [0, 0.1) is 13.8 Å². The molecule has 1 aromatic heterocycles. The molecule has 2 rings (SSSR count). The number of ketones is 2. The summed E-state index contributed by atoms with van der Waals surface area (Å²) in [6.07, 6.45) is 0. The quantitative estimate of drug-likeness (QED) is 0.516. The number of nitrogens with one attached hydrogen (secondary N) is 1. The third-order valence-electron chi connectivity index (χ3n) is 4.68. The number of ether oxygens (including phenoxy) is 1. The summed E-state index contributed by atoms with van der Waals surface area (Å²) in [6, 6.07) is 5.86. The maximum atomic E-state index is 12.4. The van der Waals surface area contributed by atoms with Gasteiger partial charge in [0, 0.05) is 29.6 Å². The van der Waals surface area contributed by atoms with Crippen molar-refractivity contribution in [1.82, 2.24) is 9.29 Å². The summed E-state index contributed by atoms with van der Waals surface area (Å²) in [5, 5.41) is 0. The largest absolute Gasteiger partial charge is 0.456 e. The molecule has 0 aliphatic heterocycles. The minimum absolute atomic E-state index is 0.0892. The summed E-state index contributed by atoms with van der Waals surface area (Å²) < 4.78 is 33.8. The third-order valence-corrected chi connectivity index (χ3v) is 6.23. The van der Waals surface area contributed by atoms with E-state index in [1.54, 1.807) is 13.0 Å². The number of nitrogens with zero attached hydrogens (tertiary/aromatic N) is 1. The molecule has 0 amide bonds. The van der Waals surface area contributed by atoms with E-state index >= 15 is 0 Å². The highest BCUT2D eigenvalue weighted by molar-refractivity contribution is 7.89. The lowest BCUT2D eigenvalue weighted by Crippen LogP contribution is -2.40. The number of hydrogen-bond donors (Lipinski definition) is 1. The first-order valence-corrected chi connectivity index (χ1v) is 10.4. The van der Waals surface area contributed by atoms with Gasteiger partial charge in [0.2, 0.25) is 15.8 Å². The molecule has 1 N–H and O–H groups in total. The van der Waals surface area contributed by atoms with E-state index in [0.29, 0.717) is 11.1 Å². The Morgan fingerprint density at radius 2 is 1.72 bits per heavy atom. The summed E-state index contributed by atoms with van der Waals surface area (Å²) in [4.78, 5) is 35.6. The molecule has 9 heteroatoms. The molecule has 0 fully saturated rings. The lowest BCUT2D eigenvalue weighted by atomic mass is 10.1. The van der Waals surface area contributed by atoms with Gasteiger partial charge >= 0.3 is 5.97 Å². The van der Waals surface area contributed by atoms with Crippen molar-refractivity contribution in [2.24, 2.45) is 7.05 Å². The van der Waals surface area contributed by atoms with Crippen molar-refractivity contribution >= 4 is 27.6 Å². The SMILES string of the molecule is CC(=O)c1ccc(S(=O)(=O)N[C@@H](C)C(=O)OCC(=O)c2cc(C)n(C)c2C)cc1. The van der Waals surface area contributed by atoms with Gasteiger partial charge in [-0.05, 0) is 45.9 Å². The minimum atomic E-state index is -4.00. The highest BCUT2D eigenvalue weighted by atomic mass is 32.2. The number of aromatic nitrogens is 1. The maximum Gasteiger partial charge on any atom is 0.324 e. The van der Waals surface area contributed by atoms with Crippen LogP contribution in [0.5, 0.6) is 0 Å². The molecule has 29 heavy (non-hydrogen) atoms. The number of carbonyl (C=O) groups is 3. The van der Waals surface area contributed by atoms with Crippen LogP contribution in [0.25, 0.3) is 0 Å². The highest BCUT2D eigenvalue weighted by Crippen LogP contribution is 2.15. The van der Waals surface area contributed by atoms with Crippen LogP contribution in [0.3, 0.4) is 0 Å². The monoisotopic (exact) mass is 420 g/mol. The molecule has 1 atom stereocenters. The zero-order chi connectivity index (χ0) is 21.9. The van der Waals surface area contributed by atoms with Gasteiger partial charge in [-0.15, -0.1) is 0 Å². The third kappa shape index (κ3) is 5.18. The van der Waals surface area contributed by atoms with Gasteiger partial charge in [-0.1, -0.05) is 12.1 Å². The topological polar surface area (TPSA) is 112 Å². The van der Waals surface area contributed by atoms with Gasteiger partial charge in [-0.3, -0.25) is 14.4 Å². The Hall–Kier alpha value is -2.78. The summed E-state index contributed by atoms with van der Waals surface area (Å²) in [5.74, 6) is -1.42. The first-order valence-electron chi connectivity index (χ1n) is 8.90. The van der Waals surface area contributed by atoms with Crippen LogP contribution in [-0.4, -0.2) is 43.2 Å². The average molecular weight is 420 g/mol. The number of Topliss-reactive ketones (excluding diaryl/α,β-unsaturated/α-hetero) is 2. The second kappa shape index (κ2) is 8.71. The predicted octanol–water partition coefficient (Wildman–Crippen LogP) is 1.94. The molecule has 0 radical (unpaired) electrons. The summed E-state index contributed by atoms with van der Waals surface area (Å²) in [7, 11) is -2.17. The minimum Gasteiger partial charge on any atom is -0.456 e. The van der Waals surface area contributed by atoms with Crippen molar-refractivity contribution in [3.63, 3.8) is 0 Å². The standard InChI is InChI=1S/C20H24N2O6S/c1-12-10-18(14(3)22(12)5)19(24)11-28-20(25)13(2)21-29(26,27)17-8-6-16(7-9-17)15(4)23/h6-10,13,21H,11H2,1-5H3/t13-/m0/s1. The number of rotatable bonds is 8. The molecule has 0 unspecified atom stereocenters. The zero-order valence-corrected chi connectivity index (χ0v) is 17.8. The Labute approximate surface area is 169 Å². The predicted molar refractivity (Wildman–Crippen MR) is 106 cm³/mol. The first kappa shape index (κ1) is 22.5. The first-order chi connectivity index (χ1) is 13.4. The molecule has 0 saturated heterocycles. The molecule has 0 aliphatic rings. The lowest BCUT2D eigenvalue weighted by Gasteiger charge is -2.14. The van der Waals surface area contributed by atoms with E-state index in [2.05, 4.69) is 4.72 Å². The Kier molecular flexibility index (Phi) is 6.76. The second-order valence-electron chi connectivity index (χ2n) is 6.80. The van der Waals surface area contributed by atoms with Gasteiger partial charge in [0.1, 0.15) is 6.04 Å². The summed E-state index contributed by atoms with van der Waals surface area (Å²) in [5.41, 5.74) is 2.48. The van der Waals surface area contributed by atoms with Crippen LogP contribution in [0.15, 0.2) is 35.2 Å². The Bertz CT molecular complexity index is 1050. The number of sulfonamides is 1. The number of carbonyl (C=O) groups excluding carboxylic acids is 3. The van der Waals surface area contributed by atoms with Gasteiger partial charge in [-0.25, -0.2) is 8.42 Å². The Balaban J connectivity index is 1.99. The van der Waals surface area contributed by atoms with Crippen molar-refractivity contribution in [3.8, 4) is 0 Å². The number of esters is 1. The molecule has 0 saturated carbocycles. The van der Waals surface area contributed by atoms with E-state index in [4.69, 9.17) is 4.74 Å². The molecule has 1 heterocycles. The Morgan fingerprint density at radius 3 is 2.21 bits per heavy atom. The van der Waals surface area contributed by atoms with Crippen LogP contribution in [0.1, 0.15) is 46.0 Å². The van der Waals surface area contributed by atoms with E-state index < -0.39 is 28.6 Å². The second-order valence-corrected chi connectivity index (χ2v) is 8.51. The molecule has 0 spiro atoms. The lowest BCUT2D eigenvalue weighted by molar-refractivity contribution is -0.144. The number of benzene rings is 1. The number of aryl methyl sites for hydroxylation is 1. The van der Waals surface area contributed by atoms with Gasteiger partial charge in [-0.2, -0.15) is 4.72 Å². The molecule has 0 bridgehead atoms. The summed E-state index contributed by atoms with van der Waals surface area (Å²) >= 11 is 0. The zero-order valence-electron chi connectivity index (χ0n) is 17.0. The molecule has 2 aromatic rings. The summed E-state index contributed by atoms with van der Waals surface area (Å²) in [6.45, 7) is 5.86. The normalized spacial score (nSPS) is 12.4. The van der Waals surface area contributed by atoms with Gasteiger partial charge < -0.3 is 9.30 Å². The highest BCUT2D eigenvalue weighted by Gasteiger charge is 2.24. The molecular weight excluding hydrogens is 396 g/mol. The molecule has 8 nitrogen and oxygen atoms in total. The van der Waals surface area contributed by atoms with E-state index in [1.807, 2.05) is 18.5 Å². The maximum absolute atomic E-state index is 12.4. The Morgan fingerprint density at radius 1 is 1.14 bits per heavy atom. The molecule has 0 aliphatic carbocycles. The fourth-order valence-electron chi connectivity index (χ4n) is 2.69. The number of hydrogen-bond acceptors (Lipinski definition) is 6. The van der Waals surface area contributed by atoms with Crippen molar-refractivity contribution in [2.75, 3.05) is 6.61 Å². The van der Waals surface area contributed by atoms with E-state index in [-0.39, 0.29) is 16.5 Å². The van der Waals surface area contributed by atoms with E-state index in [1.165, 1.54) is 38.1 Å². The fraction of sp³-hybridized carbons (Fsp3) is 0.350. The van der Waals surface area contributed by atoms with Crippen molar-refractivity contribution in [3.05, 3.63) is 52.8 Å². The smallest absolute Gasteiger partial charge is 0.324 e. The van der Waals surface area contributed by atoms with Crippen molar-refractivity contribution in [1.29, 1.82) is 0 Å². The van der Waals surface area contributed by atoms with Gasteiger partial charge in [0.25, 0.3) is 0 Å². The van der Waals surface area contributed by atoms with Gasteiger partial charge in [0.05, 0.1) is 4.90 Å².